The zero-order chi connectivity index (χ0) is 21.3. The lowest BCUT2D eigenvalue weighted by atomic mass is 9.78. The minimum atomic E-state index is -3.81. The average Bonchev–Trinajstić information content (AvgIpc) is 3.14. The van der Waals surface area contributed by atoms with E-state index in [-0.39, 0.29) is 47.6 Å². The highest BCUT2D eigenvalue weighted by Crippen LogP contribution is 2.38. The molecule has 2 saturated heterocycles. The number of aliphatic hydroxyl groups is 1. The van der Waals surface area contributed by atoms with Gasteiger partial charge in [0.05, 0.1) is 4.90 Å². The Morgan fingerprint density at radius 2 is 1.90 bits per heavy atom. The van der Waals surface area contributed by atoms with Gasteiger partial charge in [0.25, 0.3) is 0 Å². The standard InChI is InChI=1S/C21H31FN2O4S/c1-14(2)21(26)23-8-6-16(7-9-23)19-12-24(11-17(19)13-25)29(27,28)18-5-4-15(3)20(22)10-18/h4-5,10,14,16-17,19,25H,6-9,11-13H2,1-3H3/t17-,19-/m0/s1. The number of piperidine rings is 1. The maximum Gasteiger partial charge on any atom is 0.243 e. The second-order valence-electron chi connectivity index (χ2n) is 8.66. The van der Waals surface area contributed by atoms with Gasteiger partial charge in [0.1, 0.15) is 5.82 Å². The Hall–Kier alpha value is -1.51. The van der Waals surface area contributed by atoms with Gasteiger partial charge in [0.15, 0.2) is 0 Å². The topological polar surface area (TPSA) is 77.9 Å². The van der Waals surface area contributed by atoms with Crippen LogP contribution in [0.2, 0.25) is 0 Å². The molecule has 1 N–H and O–H groups in total. The Labute approximate surface area is 172 Å². The number of sulfonamides is 1. The molecule has 6 nitrogen and oxygen atoms in total. The van der Waals surface area contributed by atoms with Gasteiger partial charge < -0.3 is 10.0 Å². The third-order valence-electron chi connectivity index (χ3n) is 6.42. The lowest BCUT2D eigenvalue weighted by Gasteiger charge is -2.37. The van der Waals surface area contributed by atoms with E-state index in [0.29, 0.717) is 25.2 Å². The van der Waals surface area contributed by atoms with Crippen LogP contribution in [0.25, 0.3) is 0 Å². The van der Waals surface area contributed by atoms with Crippen molar-refractivity contribution in [3.63, 3.8) is 0 Å². The molecule has 29 heavy (non-hydrogen) atoms. The Morgan fingerprint density at radius 3 is 2.45 bits per heavy atom. The first kappa shape index (κ1) is 22.2. The summed E-state index contributed by atoms with van der Waals surface area (Å²) in [5.41, 5.74) is 0.402. The third kappa shape index (κ3) is 4.49. The van der Waals surface area contributed by atoms with E-state index in [1.54, 1.807) is 6.92 Å². The van der Waals surface area contributed by atoms with Crippen LogP contribution >= 0.6 is 0 Å². The van der Waals surface area contributed by atoms with Crippen LogP contribution in [0.3, 0.4) is 0 Å². The Morgan fingerprint density at radius 1 is 1.24 bits per heavy atom. The van der Waals surface area contributed by atoms with Crippen molar-refractivity contribution in [1.29, 1.82) is 0 Å². The van der Waals surface area contributed by atoms with Gasteiger partial charge in [-0.2, -0.15) is 4.31 Å². The molecule has 1 aromatic rings. The fourth-order valence-electron chi connectivity index (χ4n) is 4.58. The van der Waals surface area contributed by atoms with Crippen LogP contribution in [0, 0.1) is 36.4 Å². The summed E-state index contributed by atoms with van der Waals surface area (Å²) in [6.45, 7) is 7.21. The van der Waals surface area contributed by atoms with Crippen LogP contribution in [0.1, 0.15) is 32.3 Å². The minimum absolute atomic E-state index is 0.0289. The summed E-state index contributed by atoms with van der Waals surface area (Å²) >= 11 is 0. The Kier molecular flexibility index (Phi) is 6.65. The van der Waals surface area contributed by atoms with E-state index in [2.05, 4.69) is 0 Å². The number of nitrogens with zero attached hydrogens (tertiary/aromatic N) is 2. The molecule has 2 atom stereocenters. The smallest absolute Gasteiger partial charge is 0.243 e. The van der Waals surface area contributed by atoms with E-state index in [1.807, 2.05) is 18.7 Å². The number of aryl methyl sites for hydroxylation is 1. The van der Waals surface area contributed by atoms with E-state index in [4.69, 9.17) is 0 Å². The van der Waals surface area contributed by atoms with Crippen molar-refractivity contribution >= 4 is 15.9 Å². The first-order chi connectivity index (χ1) is 13.6. The molecule has 0 radical (unpaired) electrons. The largest absolute Gasteiger partial charge is 0.396 e. The molecule has 2 aliphatic rings. The highest BCUT2D eigenvalue weighted by Gasteiger charge is 2.43. The van der Waals surface area contributed by atoms with E-state index >= 15 is 0 Å². The summed E-state index contributed by atoms with van der Waals surface area (Å²) in [7, 11) is -3.81. The second-order valence-corrected chi connectivity index (χ2v) is 10.6. The van der Waals surface area contributed by atoms with Crippen molar-refractivity contribution in [2.45, 2.75) is 38.5 Å². The van der Waals surface area contributed by atoms with Crippen molar-refractivity contribution in [3.05, 3.63) is 29.6 Å². The van der Waals surface area contributed by atoms with Crippen molar-refractivity contribution in [3.8, 4) is 0 Å². The fourth-order valence-corrected chi connectivity index (χ4v) is 6.12. The number of carbonyl (C=O) groups excluding carboxylic acids is 1. The van der Waals surface area contributed by atoms with Gasteiger partial charge in [0.2, 0.25) is 15.9 Å². The number of hydrogen-bond donors (Lipinski definition) is 1. The quantitative estimate of drug-likeness (QED) is 0.784. The molecule has 0 spiro atoms. The molecule has 1 amide bonds. The molecule has 0 unspecified atom stereocenters. The van der Waals surface area contributed by atoms with Crippen molar-refractivity contribution < 1.29 is 22.7 Å². The van der Waals surface area contributed by atoms with Gasteiger partial charge in [0, 0.05) is 44.6 Å². The predicted octanol–water partition coefficient (Wildman–Crippen LogP) is 2.26. The number of likely N-dealkylation sites (tertiary alicyclic amines) is 1. The first-order valence-corrected chi connectivity index (χ1v) is 11.7. The zero-order valence-corrected chi connectivity index (χ0v) is 18.2. The molecule has 162 valence electrons. The van der Waals surface area contributed by atoms with Crippen LogP contribution < -0.4 is 0 Å². The number of amides is 1. The molecule has 0 saturated carbocycles. The number of hydrogen-bond acceptors (Lipinski definition) is 4. The monoisotopic (exact) mass is 426 g/mol. The highest BCUT2D eigenvalue weighted by molar-refractivity contribution is 7.89. The summed E-state index contributed by atoms with van der Waals surface area (Å²) in [5, 5.41) is 9.87. The van der Waals surface area contributed by atoms with Gasteiger partial charge in [-0.3, -0.25) is 4.79 Å². The second kappa shape index (κ2) is 8.70. The summed E-state index contributed by atoms with van der Waals surface area (Å²) in [6.07, 6.45) is 1.62. The lowest BCUT2D eigenvalue weighted by molar-refractivity contribution is -0.136. The fraction of sp³-hybridized carbons (Fsp3) is 0.667. The van der Waals surface area contributed by atoms with Crippen LogP contribution in [-0.2, 0) is 14.8 Å². The number of benzene rings is 1. The van der Waals surface area contributed by atoms with Crippen LogP contribution in [-0.4, -0.2) is 61.4 Å². The summed E-state index contributed by atoms with van der Waals surface area (Å²) in [4.78, 5) is 14.0. The minimum Gasteiger partial charge on any atom is -0.396 e. The van der Waals surface area contributed by atoms with Gasteiger partial charge in [-0.15, -0.1) is 0 Å². The molecule has 0 aromatic heterocycles. The van der Waals surface area contributed by atoms with E-state index in [0.717, 1.165) is 18.9 Å². The van der Waals surface area contributed by atoms with Crippen LogP contribution in [0.5, 0.6) is 0 Å². The molecule has 1 aromatic carbocycles. The van der Waals surface area contributed by atoms with E-state index in [9.17, 15) is 22.7 Å². The molecule has 2 fully saturated rings. The van der Waals surface area contributed by atoms with Gasteiger partial charge in [-0.1, -0.05) is 19.9 Å². The highest BCUT2D eigenvalue weighted by atomic mass is 32.2. The molecule has 3 rings (SSSR count). The number of aliphatic hydroxyl groups excluding tert-OH is 1. The molecule has 2 aliphatic heterocycles. The van der Waals surface area contributed by atoms with E-state index < -0.39 is 15.8 Å². The number of rotatable bonds is 5. The van der Waals surface area contributed by atoms with Crippen LogP contribution in [0.15, 0.2) is 23.1 Å². The van der Waals surface area contributed by atoms with Crippen molar-refractivity contribution in [2.75, 3.05) is 32.8 Å². The van der Waals surface area contributed by atoms with Crippen molar-refractivity contribution in [1.82, 2.24) is 9.21 Å². The summed E-state index contributed by atoms with van der Waals surface area (Å²) in [5.74, 6) is -0.252. The molecule has 8 heteroatoms. The normalized spacial score (nSPS) is 24.4. The lowest BCUT2D eigenvalue weighted by Crippen LogP contribution is -2.43. The van der Waals surface area contributed by atoms with Crippen molar-refractivity contribution in [2.24, 2.45) is 23.7 Å². The third-order valence-corrected chi connectivity index (χ3v) is 8.25. The van der Waals surface area contributed by atoms with Gasteiger partial charge in [-0.05, 0) is 49.3 Å². The molecular weight excluding hydrogens is 395 g/mol. The number of halogens is 1. The molecule has 0 aliphatic carbocycles. The summed E-state index contributed by atoms with van der Waals surface area (Å²) < 4.78 is 41.4. The predicted molar refractivity (Wildman–Crippen MR) is 108 cm³/mol. The maximum atomic E-state index is 13.9. The molecule has 0 bridgehead atoms. The zero-order valence-electron chi connectivity index (χ0n) is 17.3. The average molecular weight is 427 g/mol. The molecular formula is C21H31FN2O4S. The van der Waals surface area contributed by atoms with Gasteiger partial charge >= 0.3 is 0 Å². The molecule has 2 heterocycles. The van der Waals surface area contributed by atoms with Crippen LogP contribution in [0.4, 0.5) is 4.39 Å². The first-order valence-electron chi connectivity index (χ1n) is 10.3. The SMILES string of the molecule is Cc1ccc(S(=O)(=O)N2C[C@@H](CO)[C@H](C3CCN(C(=O)C(C)C)CC3)C2)cc1F. The maximum absolute atomic E-state index is 13.9. The van der Waals surface area contributed by atoms with E-state index in [1.165, 1.54) is 16.4 Å². The Bertz CT molecular complexity index is 850. The number of carbonyl (C=O) groups is 1. The van der Waals surface area contributed by atoms with Gasteiger partial charge in [-0.25, -0.2) is 12.8 Å². The Balaban J connectivity index is 1.71. The summed E-state index contributed by atoms with van der Waals surface area (Å²) in [6, 6.07) is 3.98.